The van der Waals surface area contributed by atoms with Crippen LogP contribution in [0.25, 0.3) is 10.9 Å². The monoisotopic (exact) mass is 204 g/mol. The van der Waals surface area contributed by atoms with Gasteiger partial charge in [0.2, 0.25) is 0 Å². The number of fused-ring (bicyclic) bond motifs is 1. The normalized spacial score (nSPS) is 13.3. The van der Waals surface area contributed by atoms with Crippen molar-refractivity contribution in [2.24, 2.45) is 12.8 Å². The second kappa shape index (κ2) is 4.04. The highest BCUT2D eigenvalue weighted by molar-refractivity contribution is 5.83. The van der Waals surface area contributed by atoms with E-state index in [0.717, 1.165) is 16.5 Å². The van der Waals surface area contributed by atoms with Crippen molar-refractivity contribution in [3.63, 3.8) is 0 Å². The maximum absolute atomic E-state index is 9.97. The van der Waals surface area contributed by atoms with Crippen molar-refractivity contribution >= 4 is 10.9 Å². The lowest BCUT2D eigenvalue weighted by Crippen LogP contribution is -2.07. The largest absolute Gasteiger partial charge is 0.388 e. The van der Waals surface area contributed by atoms with Crippen LogP contribution in [0.3, 0.4) is 0 Å². The lowest BCUT2D eigenvalue weighted by atomic mass is 10.0. The Bertz CT molecular complexity index is 462. The van der Waals surface area contributed by atoms with E-state index in [2.05, 4.69) is 0 Å². The number of aryl methyl sites for hydroxylation is 1. The third kappa shape index (κ3) is 1.76. The Hall–Kier alpha value is -1.32. The first-order chi connectivity index (χ1) is 7.24. The van der Waals surface area contributed by atoms with E-state index in [1.54, 1.807) is 0 Å². The minimum Gasteiger partial charge on any atom is -0.388 e. The molecule has 0 saturated heterocycles. The zero-order chi connectivity index (χ0) is 10.8. The van der Waals surface area contributed by atoms with Crippen molar-refractivity contribution in [2.45, 2.75) is 12.5 Å². The van der Waals surface area contributed by atoms with Crippen molar-refractivity contribution in [3.8, 4) is 0 Å². The number of aliphatic hydroxyl groups excluding tert-OH is 1. The number of para-hydroxylation sites is 1. The van der Waals surface area contributed by atoms with Gasteiger partial charge in [-0.2, -0.15) is 0 Å². The summed E-state index contributed by atoms with van der Waals surface area (Å²) in [7, 11) is 1.99. The fourth-order valence-electron chi connectivity index (χ4n) is 1.97. The van der Waals surface area contributed by atoms with E-state index >= 15 is 0 Å². The molecule has 0 aliphatic rings. The van der Waals surface area contributed by atoms with Crippen LogP contribution in [0.5, 0.6) is 0 Å². The summed E-state index contributed by atoms with van der Waals surface area (Å²) in [6, 6.07) is 8.03. The minimum atomic E-state index is -0.465. The average molecular weight is 204 g/mol. The maximum atomic E-state index is 9.97. The molecule has 0 unspecified atom stereocenters. The highest BCUT2D eigenvalue weighted by atomic mass is 16.3. The fraction of sp³-hybridized carbons (Fsp3) is 0.333. The van der Waals surface area contributed by atoms with Gasteiger partial charge < -0.3 is 15.4 Å². The van der Waals surface area contributed by atoms with Crippen LogP contribution < -0.4 is 5.73 Å². The second-order valence-corrected chi connectivity index (χ2v) is 3.80. The molecule has 2 rings (SSSR count). The maximum Gasteiger partial charge on any atom is 0.0822 e. The summed E-state index contributed by atoms with van der Waals surface area (Å²) in [6.45, 7) is 0.502. The molecule has 3 N–H and O–H groups in total. The van der Waals surface area contributed by atoms with Gasteiger partial charge >= 0.3 is 0 Å². The Labute approximate surface area is 89.1 Å². The number of benzene rings is 1. The molecule has 3 nitrogen and oxygen atoms in total. The fourth-order valence-corrected chi connectivity index (χ4v) is 1.97. The summed E-state index contributed by atoms with van der Waals surface area (Å²) in [5, 5.41) is 11.1. The molecule has 1 atom stereocenters. The van der Waals surface area contributed by atoms with Crippen LogP contribution in [0.2, 0.25) is 0 Å². The van der Waals surface area contributed by atoms with Gasteiger partial charge in [0.15, 0.2) is 0 Å². The van der Waals surface area contributed by atoms with Crippen LogP contribution in [0, 0.1) is 0 Å². The van der Waals surface area contributed by atoms with Crippen molar-refractivity contribution in [3.05, 3.63) is 36.0 Å². The van der Waals surface area contributed by atoms with Crippen LogP contribution in [0.15, 0.2) is 30.5 Å². The highest BCUT2D eigenvalue weighted by Crippen LogP contribution is 2.26. The van der Waals surface area contributed by atoms with E-state index in [-0.39, 0.29) is 0 Å². The van der Waals surface area contributed by atoms with Crippen LogP contribution in [0.4, 0.5) is 0 Å². The summed E-state index contributed by atoms with van der Waals surface area (Å²) < 4.78 is 2.03. The van der Waals surface area contributed by atoms with E-state index in [4.69, 9.17) is 5.73 Å². The summed E-state index contributed by atoms with van der Waals surface area (Å²) in [5.74, 6) is 0. The molecule has 1 aromatic carbocycles. The van der Waals surface area contributed by atoms with Gasteiger partial charge in [0.25, 0.3) is 0 Å². The first-order valence-corrected chi connectivity index (χ1v) is 5.16. The molecular weight excluding hydrogens is 188 g/mol. The molecule has 0 amide bonds. The van der Waals surface area contributed by atoms with Crippen molar-refractivity contribution in [1.82, 2.24) is 4.57 Å². The van der Waals surface area contributed by atoms with E-state index in [1.165, 1.54) is 0 Å². The highest BCUT2D eigenvalue weighted by Gasteiger charge is 2.11. The van der Waals surface area contributed by atoms with Gasteiger partial charge in [0, 0.05) is 18.8 Å². The molecule has 0 radical (unpaired) electrons. The Balaban J connectivity index is 2.54. The Morgan fingerprint density at radius 1 is 1.40 bits per heavy atom. The molecule has 0 aliphatic carbocycles. The van der Waals surface area contributed by atoms with E-state index in [9.17, 15) is 5.11 Å². The molecule has 15 heavy (non-hydrogen) atoms. The van der Waals surface area contributed by atoms with Gasteiger partial charge in [-0.05, 0) is 24.4 Å². The summed E-state index contributed by atoms with van der Waals surface area (Å²) in [6.07, 6.45) is 2.14. The van der Waals surface area contributed by atoms with E-state index in [0.29, 0.717) is 13.0 Å². The van der Waals surface area contributed by atoms with E-state index < -0.39 is 6.10 Å². The average Bonchev–Trinajstić information content (AvgIpc) is 2.61. The standard InChI is InChI=1S/C12H16N2O/c1-14-8-6-9-3-2-4-10(12(9)14)11(15)5-7-13/h2-4,6,8,11,15H,5,7,13H2,1H3/t11-/m0/s1. The molecule has 0 saturated carbocycles. The third-order valence-electron chi connectivity index (χ3n) is 2.73. The van der Waals surface area contributed by atoms with Crippen molar-refractivity contribution in [2.75, 3.05) is 6.54 Å². The Kier molecular flexibility index (Phi) is 2.75. The lowest BCUT2D eigenvalue weighted by molar-refractivity contribution is 0.171. The minimum absolute atomic E-state index is 0.465. The molecule has 2 aromatic rings. The molecular formula is C12H16N2O. The van der Waals surface area contributed by atoms with Gasteiger partial charge in [-0.1, -0.05) is 18.2 Å². The summed E-state index contributed by atoms with van der Waals surface area (Å²) >= 11 is 0. The quantitative estimate of drug-likeness (QED) is 0.797. The smallest absolute Gasteiger partial charge is 0.0822 e. The number of nitrogens with zero attached hydrogens (tertiary/aromatic N) is 1. The summed E-state index contributed by atoms with van der Waals surface area (Å²) in [5.41, 5.74) is 7.52. The Morgan fingerprint density at radius 3 is 2.93 bits per heavy atom. The topological polar surface area (TPSA) is 51.2 Å². The molecule has 1 heterocycles. The number of hydrogen-bond donors (Lipinski definition) is 2. The second-order valence-electron chi connectivity index (χ2n) is 3.80. The van der Waals surface area contributed by atoms with Crippen LogP contribution in [0.1, 0.15) is 18.1 Å². The zero-order valence-corrected chi connectivity index (χ0v) is 8.85. The van der Waals surface area contributed by atoms with Crippen molar-refractivity contribution in [1.29, 1.82) is 0 Å². The molecule has 0 aliphatic heterocycles. The predicted octanol–water partition coefficient (Wildman–Crippen LogP) is 1.56. The molecule has 3 heteroatoms. The zero-order valence-electron chi connectivity index (χ0n) is 8.85. The van der Waals surface area contributed by atoms with Crippen LogP contribution in [-0.2, 0) is 7.05 Å². The predicted molar refractivity (Wildman–Crippen MR) is 61.6 cm³/mol. The van der Waals surface area contributed by atoms with E-state index in [1.807, 2.05) is 42.1 Å². The Morgan fingerprint density at radius 2 is 2.20 bits per heavy atom. The lowest BCUT2D eigenvalue weighted by Gasteiger charge is -2.12. The summed E-state index contributed by atoms with van der Waals surface area (Å²) in [4.78, 5) is 0. The number of rotatable bonds is 3. The number of hydrogen-bond acceptors (Lipinski definition) is 2. The number of aromatic nitrogens is 1. The van der Waals surface area contributed by atoms with Crippen molar-refractivity contribution < 1.29 is 5.11 Å². The van der Waals surface area contributed by atoms with Gasteiger partial charge in [-0.25, -0.2) is 0 Å². The molecule has 1 aromatic heterocycles. The van der Waals surface area contributed by atoms with Gasteiger partial charge in [-0.3, -0.25) is 0 Å². The van der Waals surface area contributed by atoms with Gasteiger partial charge in [-0.15, -0.1) is 0 Å². The molecule has 0 bridgehead atoms. The molecule has 80 valence electrons. The first-order valence-electron chi connectivity index (χ1n) is 5.16. The van der Waals surface area contributed by atoms with Crippen LogP contribution >= 0.6 is 0 Å². The molecule has 0 fully saturated rings. The number of aliphatic hydroxyl groups is 1. The number of nitrogens with two attached hydrogens (primary N) is 1. The molecule has 0 spiro atoms. The third-order valence-corrected chi connectivity index (χ3v) is 2.73. The first kappa shape index (κ1) is 10.2. The van der Waals surface area contributed by atoms with Gasteiger partial charge in [0.1, 0.15) is 0 Å². The SMILES string of the molecule is Cn1ccc2cccc([C@@H](O)CCN)c21. The van der Waals surface area contributed by atoms with Gasteiger partial charge in [0.05, 0.1) is 11.6 Å². The van der Waals surface area contributed by atoms with Crippen LogP contribution in [-0.4, -0.2) is 16.2 Å².